The van der Waals surface area contributed by atoms with Crippen LogP contribution in [0.4, 0.5) is 0 Å². The molecule has 3 rings (SSSR count). The molecule has 1 aliphatic rings. The number of quaternary nitrogens is 1. The van der Waals surface area contributed by atoms with Crippen LogP contribution in [-0.2, 0) is 6.67 Å². The minimum Gasteiger partial charge on any atom is -0.316 e. The normalized spacial score (nSPS) is 15.9. The Morgan fingerprint density at radius 3 is 2.45 bits per heavy atom. The Morgan fingerprint density at radius 1 is 1.15 bits per heavy atom. The number of hydrogen-bond acceptors (Lipinski definition) is 2. The lowest BCUT2D eigenvalue weighted by Gasteiger charge is -2.11. The van der Waals surface area contributed by atoms with Gasteiger partial charge in [0, 0.05) is 18.5 Å². The summed E-state index contributed by atoms with van der Waals surface area (Å²) in [5.74, 6) is 0.956. The van der Waals surface area contributed by atoms with E-state index >= 15 is 0 Å². The van der Waals surface area contributed by atoms with Crippen LogP contribution in [0.15, 0.2) is 24.3 Å². The lowest BCUT2D eigenvalue weighted by molar-refractivity contribution is -0.911. The summed E-state index contributed by atoms with van der Waals surface area (Å²) in [6.45, 7) is 7.47. The van der Waals surface area contributed by atoms with Crippen LogP contribution in [0.3, 0.4) is 0 Å². The molecular formula is C15H21N4S+. The lowest BCUT2D eigenvalue weighted by atomic mass is 10.2. The van der Waals surface area contributed by atoms with Crippen LogP contribution in [0.2, 0.25) is 0 Å². The number of aryl methyl sites for hydroxylation is 2. The summed E-state index contributed by atoms with van der Waals surface area (Å²) in [5, 5.41) is 4.63. The van der Waals surface area contributed by atoms with Gasteiger partial charge in [-0.25, -0.2) is 0 Å². The predicted octanol–water partition coefficient (Wildman–Crippen LogP) is 1.66. The van der Waals surface area contributed by atoms with E-state index < -0.39 is 0 Å². The van der Waals surface area contributed by atoms with Crippen LogP contribution >= 0.6 is 12.2 Å². The van der Waals surface area contributed by atoms with Gasteiger partial charge in [0.15, 0.2) is 6.67 Å². The van der Waals surface area contributed by atoms with Gasteiger partial charge in [-0.1, -0.05) is 17.7 Å². The Hall–Kier alpha value is -1.46. The molecule has 106 valence electrons. The molecule has 0 bridgehead atoms. The van der Waals surface area contributed by atoms with E-state index in [1.165, 1.54) is 31.5 Å². The van der Waals surface area contributed by atoms with Crippen molar-refractivity contribution < 1.29 is 4.90 Å². The molecule has 0 spiro atoms. The zero-order valence-corrected chi connectivity index (χ0v) is 12.9. The Labute approximate surface area is 124 Å². The highest BCUT2D eigenvalue weighted by atomic mass is 32.1. The molecule has 0 saturated carbocycles. The molecule has 20 heavy (non-hydrogen) atoms. The van der Waals surface area contributed by atoms with Gasteiger partial charge in [0.2, 0.25) is 4.77 Å². The van der Waals surface area contributed by atoms with Crippen LogP contribution in [0.25, 0.3) is 5.69 Å². The summed E-state index contributed by atoms with van der Waals surface area (Å²) in [6, 6.07) is 8.43. The molecular weight excluding hydrogens is 268 g/mol. The molecule has 1 aromatic carbocycles. The highest BCUT2D eigenvalue weighted by Crippen LogP contribution is 2.12. The SMILES string of the molecule is Cc1ccc(-n2c(C)nn(C[NH+]3CCCC3)c2=S)cc1. The van der Waals surface area contributed by atoms with Gasteiger partial charge in [-0.05, 0) is 38.2 Å². The largest absolute Gasteiger partial charge is 0.316 e. The number of benzene rings is 1. The average Bonchev–Trinajstić information content (AvgIpc) is 3.02. The Kier molecular flexibility index (Phi) is 3.72. The standard InChI is InChI=1S/C15H20N4S/c1-12-5-7-14(8-6-12)19-13(2)16-18(15(19)20)11-17-9-3-4-10-17/h5-8H,3-4,9-11H2,1-2H3/p+1. The number of nitrogens with one attached hydrogen (secondary N) is 1. The van der Waals surface area contributed by atoms with Crippen molar-refractivity contribution in [3.8, 4) is 5.69 Å². The smallest absolute Gasteiger partial charge is 0.207 e. The van der Waals surface area contributed by atoms with E-state index in [-0.39, 0.29) is 0 Å². The van der Waals surface area contributed by atoms with Crippen molar-refractivity contribution >= 4 is 12.2 Å². The topological polar surface area (TPSA) is 27.2 Å². The van der Waals surface area contributed by atoms with Crippen molar-refractivity contribution in [1.29, 1.82) is 0 Å². The van der Waals surface area contributed by atoms with E-state index in [4.69, 9.17) is 12.2 Å². The lowest BCUT2D eigenvalue weighted by Crippen LogP contribution is -3.09. The maximum Gasteiger partial charge on any atom is 0.207 e. The molecule has 1 fully saturated rings. The van der Waals surface area contributed by atoms with Crippen LogP contribution < -0.4 is 4.90 Å². The summed E-state index contributed by atoms with van der Waals surface area (Å²) in [7, 11) is 0. The van der Waals surface area contributed by atoms with Crippen LogP contribution in [0, 0.1) is 18.6 Å². The molecule has 4 nitrogen and oxygen atoms in total. The molecule has 0 unspecified atom stereocenters. The minimum absolute atomic E-state index is 0.797. The first-order valence-corrected chi connectivity index (χ1v) is 7.63. The third kappa shape index (κ3) is 2.55. The van der Waals surface area contributed by atoms with Crippen LogP contribution in [0.5, 0.6) is 0 Å². The first-order chi connectivity index (χ1) is 9.65. The maximum absolute atomic E-state index is 5.61. The quantitative estimate of drug-likeness (QED) is 0.870. The molecule has 1 N–H and O–H groups in total. The summed E-state index contributed by atoms with van der Waals surface area (Å²) in [4.78, 5) is 1.58. The first-order valence-electron chi connectivity index (χ1n) is 7.22. The third-order valence-electron chi connectivity index (χ3n) is 3.98. The average molecular weight is 289 g/mol. The van der Waals surface area contributed by atoms with E-state index in [1.54, 1.807) is 4.90 Å². The zero-order valence-electron chi connectivity index (χ0n) is 12.1. The second-order valence-electron chi connectivity index (χ2n) is 5.62. The van der Waals surface area contributed by atoms with Crippen molar-refractivity contribution in [3.63, 3.8) is 0 Å². The van der Waals surface area contributed by atoms with Crippen molar-refractivity contribution in [2.45, 2.75) is 33.4 Å². The van der Waals surface area contributed by atoms with Crippen LogP contribution in [0.1, 0.15) is 24.2 Å². The second kappa shape index (κ2) is 5.50. The van der Waals surface area contributed by atoms with E-state index in [0.29, 0.717) is 0 Å². The minimum atomic E-state index is 0.797. The van der Waals surface area contributed by atoms with Crippen molar-refractivity contribution in [1.82, 2.24) is 14.3 Å². The van der Waals surface area contributed by atoms with Gasteiger partial charge in [0.1, 0.15) is 5.82 Å². The fourth-order valence-corrected chi connectivity index (χ4v) is 3.20. The molecule has 0 atom stereocenters. The van der Waals surface area contributed by atoms with Gasteiger partial charge >= 0.3 is 0 Å². The number of rotatable bonds is 3. The molecule has 1 saturated heterocycles. The Bertz CT molecular complexity index is 648. The molecule has 1 aliphatic heterocycles. The fraction of sp³-hybridized carbons (Fsp3) is 0.467. The highest BCUT2D eigenvalue weighted by molar-refractivity contribution is 7.71. The number of nitrogens with zero attached hydrogens (tertiary/aromatic N) is 3. The maximum atomic E-state index is 5.61. The fourth-order valence-electron chi connectivity index (χ4n) is 2.86. The summed E-state index contributed by atoms with van der Waals surface area (Å²) in [6.07, 6.45) is 2.64. The van der Waals surface area contributed by atoms with E-state index in [9.17, 15) is 0 Å². The Morgan fingerprint density at radius 2 is 1.80 bits per heavy atom. The Balaban J connectivity index is 1.93. The summed E-state index contributed by atoms with van der Waals surface area (Å²) in [5.41, 5.74) is 2.35. The van der Waals surface area contributed by atoms with E-state index in [1.807, 2.05) is 11.6 Å². The van der Waals surface area contributed by atoms with E-state index in [0.717, 1.165) is 23.0 Å². The van der Waals surface area contributed by atoms with Gasteiger partial charge in [-0.3, -0.25) is 4.57 Å². The molecule has 0 amide bonds. The first kappa shape index (κ1) is 13.5. The highest BCUT2D eigenvalue weighted by Gasteiger charge is 2.18. The molecule has 1 aromatic heterocycles. The number of likely N-dealkylation sites (tertiary alicyclic amines) is 1. The molecule has 5 heteroatoms. The van der Waals surface area contributed by atoms with Crippen molar-refractivity contribution in [2.24, 2.45) is 0 Å². The van der Waals surface area contributed by atoms with E-state index in [2.05, 4.69) is 40.9 Å². The van der Waals surface area contributed by atoms with Gasteiger partial charge < -0.3 is 4.90 Å². The second-order valence-corrected chi connectivity index (χ2v) is 5.98. The number of aromatic nitrogens is 3. The van der Waals surface area contributed by atoms with Crippen LogP contribution in [-0.4, -0.2) is 27.4 Å². The molecule has 2 aromatic rings. The van der Waals surface area contributed by atoms with Gasteiger partial charge in [-0.15, -0.1) is 0 Å². The monoisotopic (exact) mass is 289 g/mol. The number of hydrogen-bond donors (Lipinski definition) is 1. The molecule has 0 aliphatic carbocycles. The molecule has 2 heterocycles. The third-order valence-corrected chi connectivity index (χ3v) is 4.37. The van der Waals surface area contributed by atoms with Gasteiger partial charge in [-0.2, -0.15) is 9.78 Å². The zero-order chi connectivity index (χ0) is 14.1. The molecule has 0 radical (unpaired) electrons. The van der Waals surface area contributed by atoms with Crippen molar-refractivity contribution in [3.05, 3.63) is 40.4 Å². The van der Waals surface area contributed by atoms with Crippen molar-refractivity contribution in [2.75, 3.05) is 13.1 Å². The van der Waals surface area contributed by atoms with Gasteiger partial charge in [0.05, 0.1) is 13.1 Å². The van der Waals surface area contributed by atoms with Gasteiger partial charge in [0.25, 0.3) is 0 Å². The summed E-state index contributed by atoms with van der Waals surface area (Å²) >= 11 is 5.61. The summed E-state index contributed by atoms with van der Waals surface area (Å²) < 4.78 is 4.83. The predicted molar refractivity (Wildman–Crippen MR) is 81.8 cm³/mol.